The van der Waals surface area contributed by atoms with Crippen molar-refractivity contribution in [3.05, 3.63) is 46.7 Å². The van der Waals surface area contributed by atoms with E-state index < -0.39 is 0 Å². The number of aromatic nitrogens is 2. The Balaban J connectivity index is 1.68. The molecule has 0 saturated carbocycles. The van der Waals surface area contributed by atoms with Gasteiger partial charge in [0.15, 0.2) is 11.7 Å². The van der Waals surface area contributed by atoms with Crippen LogP contribution < -0.4 is 0 Å². The van der Waals surface area contributed by atoms with Crippen molar-refractivity contribution >= 4 is 23.1 Å². The van der Waals surface area contributed by atoms with Gasteiger partial charge in [-0.3, -0.25) is 14.2 Å². The summed E-state index contributed by atoms with van der Waals surface area (Å²) in [7, 11) is 0. The Hall–Kier alpha value is -2.21. The zero-order valence-corrected chi connectivity index (χ0v) is 14.6. The van der Waals surface area contributed by atoms with Gasteiger partial charge in [-0.1, -0.05) is 12.2 Å². The summed E-state index contributed by atoms with van der Waals surface area (Å²) in [5.74, 6) is -0.572. The fourth-order valence-electron chi connectivity index (χ4n) is 3.01. The van der Waals surface area contributed by atoms with Gasteiger partial charge < -0.3 is 4.74 Å². The average Bonchev–Trinajstić information content (AvgIpc) is 3.21. The molecule has 0 amide bonds. The van der Waals surface area contributed by atoms with Crippen LogP contribution in [0.4, 0.5) is 0 Å². The monoisotopic (exact) mass is 344 g/mol. The molecule has 126 valence electrons. The summed E-state index contributed by atoms with van der Waals surface area (Å²) in [6.07, 6.45) is 8.19. The highest BCUT2D eigenvalue weighted by molar-refractivity contribution is 7.12. The molecule has 0 N–H and O–H groups in total. The van der Waals surface area contributed by atoms with Gasteiger partial charge in [0.1, 0.15) is 0 Å². The van der Waals surface area contributed by atoms with E-state index in [1.54, 1.807) is 6.20 Å². The van der Waals surface area contributed by atoms with Gasteiger partial charge in [-0.05, 0) is 39.2 Å². The van der Waals surface area contributed by atoms with Crippen LogP contribution in [0.2, 0.25) is 0 Å². The van der Waals surface area contributed by atoms with Gasteiger partial charge in [0, 0.05) is 28.5 Å². The molecule has 0 aliphatic heterocycles. The fourth-order valence-corrected chi connectivity index (χ4v) is 3.76. The van der Waals surface area contributed by atoms with Crippen molar-refractivity contribution in [3.8, 4) is 5.13 Å². The molecule has 1 atom stereocenters. The Kier molecular flexibility index (Phi) is 4.94. The number of ketones is 1. The maximum atomic E-state index is 12.5. The quantitative estimate of drug-likeness (QED) is 0.472. The largest absolute Gasteiger partial charge is 0.457 e. The number of hydrogen-bond donors (Lipinski definition) is 0. The van der Waals surface area contributed by atoms with Crippen molar-refractivity contribution in [2.75, 3.05) is 6.61 Å². The minimum absolute atomic E-state index is 0.120. The van der Waals surface area contributed by atoms with Crippen molar-refractivity contribution in [1.29, 1.82) is 0 Å². The topological polar surface area (TPSA) is 61.2 Å². The highest BCUT2D eigenvalue weighted by atomic mass is 32.1. The van der Waals surface area contributed by atoms with E-state index in [1.165, 1.54) is 11.3 Å². The van der Waals surface area contributed by atoms with Crippen LogP contribution in [-0.2, 0) is 9.53 Å². The minimum atomic E-state index is -0.276. The Labute approximate surface area is 145 Å². The summed E-state index contributed by atoms with van der Waals surface area (Å²) in [6, 6.07) is 1.83. The van der Waals surface area contributed by atoms with E-state index in [9.17, 15) is 9.59 Å². The van der Waals surface area contributed by atoms with E-state index in [0.29, 0.717) is 12.0 Å². The first-order valence-electron chi connectivity index (χ1n) is 8.01. The molecule has 0 radical (unpaired) electrons. The van der Waals surface area contributed by atoms with Gasteiger partial charge >= 0.3 is 5.97 Å². The third-order valence-corrected chi connectivity index (χ3v) is 5.05. The number of esters is 1. The van der Waals surface area contributed by atoms with Crippen LogP contribution in [0.3, 0.4) is 0 Å². The lowest BCUT2D eigenvalue weighted by Gasteiger charge is -2.16. The van der Waals surface area contributed by atoms with Crippen LogP contribution in [0, 0.1) is 19.8 Å². The molecule has 0 aromatic carbocycles. The Morgan fingerprint density at radius 3 is 2.88 bits per heavy atom. The van der Waals surface area contributed by atoms with Crippen LogP contribution in [0.1, 0.15) is 41.0 Å². The molecular weight excluding hydrogens is 324 g/mol. The van der Waals surface area contributed by atoms with E-state index in [4.69, 9.17) is 4.74 Å². The van der Waals surface area contributed by atoms with Gasteiger partial charge in [0.05, 0.1) is 5.92 Å². The standard InChI is InChI=1S/C18H20N2O3S/c1-12-10-15(13(2)20(12)18-19-8-9-24-18)16(21)11-23-17(22)14-6-4-3-5-7-14/h3-4,8-10,14H,5-7,11H2,1-2H3/t14-/m1/s1. The molecule has 0 bridgehead atoms. The highest BCUT2D eigenvalue weighted by Crippen LogP contribution is 2.23. The second kappa shape index (κ2) is 7.13. The molecule has 2 aromatic rings. The van der Waals surface area contributed by atoms with Crippen molar-refractivity contribution in [2.45, 2.75) is 33.1 Å². The third-order valence-electron chi connectivity index (χ3n) is 4.29. The number of ether oxygens (including phenoxy) is 1. The number of aryl methyl sites for hydroxylation is 1. The van der Waals surface area contributed by atoms with Gasteiger partial charge in [-0.25, -0.2) is 4.98 Å². The van der Waals surface area contributed by atoms with E-state index in [1.807, 2.05) is 35.9 Å². The summed E-state index contributed by atoms with van der Waals surface area (Å²) >= 11 is 1.52. The SMILES string of the molecule is Cc1cc(C(=O)COC(=O)[C@@H]2CC=CCC2)c(C)n1-c1nccs1. The second-order valence-electron chi connectivity index (χ2n) is 5.95. The van der Waals surface area contributed by atoms with Gasteiger partial charge in [-0.15, -0.1) is 11.3 Å². The summed E-state index contributed by atoms with van der Waals surface area (Å²) in [5, 5.41) is 2.73. The van der Waals surface area contributed by atoms with Gasteiger partial charge in [0.25, 0.3) is 0 Å². The minimum Gasteiger partial charge on any atom is -0.457 e. The van der Waals surface area contributed by atoms with E-state index in [0.717, 1.165) is 29.4 Å². The molecule has 24 heavy (non-hydrogen) atoms. The molecule has 0 saturated heterocycles. The predicted molar refractivity (Wildman–Crippen MR) is 92.7 cm³/mol. The zero-order chi connectivity index (χ0) is 17.1. The van der Waals surface area contributed by atoms with Crippen LogP contribution in [0.25, 0.3) is 5.13 Å². The molecule has 2 aromatic heterocycles. The van der Waals surface area contributed by atoms with E-state index >= 15 is 0 Å². The van der Waals surface area contributed by atoms with Gasteiger partial charge in [-0.2, -0.15) is 0 Å². The Morgan fingerprint density at radius 2 is 2.21 bits per heavy atom. The molecule has 0 fully saturated rings. The molecule has 0 spiro atoms. The van der Waals surface area contributed by atoms with Crippen LogP contribution in [0.5, 0.6) is 0 Å². The lowest BCUT2D eigenvalue weighted by atomic mass is 9.95. The normalized spacial score (nSPS) is 17.0. The number of hydrogen-bond acceptors (Lipinski definition) is 5. The zero-order valence-electron chi connectivity index (χ0n) is 13.8. The fraction of sp³-hybridized carbons (Fsp3) is 0.389. The van der Waals surface area contributed by atoms with Gasteiger partial charge in [0.2, 0.25) is 5.78 Å². The predicted octanol–water partition coefficient (Wildman–Crippen LogP) is 3.63. The molecule has 2 heterocycles. The van der Waals surface area contributed by atoms with E-state index in [2.05, 4.69) is 11.1 Å². The van der Waals surface area contributed by atoms with Crippen molar-refractivity contribution in [2.24, 2.45) is 5.92 Å². The molecular formula is C18H20N2O3S. The summed E-state index contributed by atoms with van der Waals surface area (Å²) < 4.78 is 7.20. The number of allylic oxidation sites excluding steroid dienone is 2. The number of nitrogens with zero attached hydrogens (tertiary/aromatic N) is 2. The molecule has 5 nitrogen and oxygen atoms in total. The van der Waals surface area contributed by atoms with Crippen LogP contribution in [-0.4, -0.2) is 27.9 Å². The molecule has 6 heteroatoms. The number of carbonyl (C=O) groups excluding carboxylic acids is 2. The number of rotatable bonds is 5. The Bertz CT molecular complexity index is 775. The first-order chi connectivity index (χ1) is 11.6. The van der Waals surface area contributed by atoms with Crippen LogP contribution in [0.15, 0.2) is 29.8 Å². The molecule has 3 rings (SSSR count). The number of carbonyl (C=O) groups is 2. The first-order valence-corrected chi connectivity index (χ1v) is 8.89. The van der Waals surface area contributed by atoms with Crippen LogP contribution >= 0.6 is 11.3 Å². The van der Waals surface area contributed by atoms with Crippen molar-refractivity contribution < 1.29 is 14.3 Å². The molecule has 1 aliphatic carbocycles. The molecule has 1 aliphatic rings. The van der Waals surface area contributed by atoms with Crippen molar-refractivity contribution in [1.82, 2.24) is 9.55 Å². The number of thiazole rings is 1. The maximum Gasteiger partial charge on any atom is 0.309 e. The summed E-state index contributed by atoms with van der Waals surface area (Å²) in [5.41, 5.74) is 2.35. The highest BCUT2D eigenvalue weighted by Gasteiger charge is 2.23. The summed E-state index contributed by atoms with van der Waals surface area (Å²) in [4.78, 5) is 28.8. The first kappa shape index (κ1) is 16.6. The smallest absolute Gasteiger partial charge is 0.309 e. The lowest BCUT2D eigenvalue weighted by Crippen LogP contribution is -2.22. The lowest BCUT2D eigenvalue weighted by molar-refractivity contribution is -0.147. The molecule has 0 unspecified atom stereocenters. The second-order valence-corrected chi connectivity index (χ2v) is 6.82. The average molecular weight is 344 g/mol. The Morgan fingerprint density at radius 1 is 1.38 bits per heavy atom. The summed E-state index contributed by atoms with van der Waals surface area (Å²) in [6.45, 7) is 3.61. The third kappa shape index (κ3) is 3.33. The van der Waals surface area contributed by atoms with E-state index in [-0.39, 0.29) is 24.3 Å². The number of Topliss-reactive ketones (excluding diaryl/α,β-unsaturated/α-hetero) is 1. The van der Waals surface area contributed by atoms with Crippen molar-refractivity contribution in [3.63, 3.8) is 0 Å². The maximum absolute atomic E-state index is 12.5.